The highest BCUT2D eigenvalue weighted by Crippen LogP contribution is 2.23. The van der Waals surface area contributed by atoms with E-state index in [0.29, 0.717) is 6.04 Å². The Morgan fingerprint density at radius 3 is 2.33 bits per heavy atom. The minimum Gasteiger partial charge on any atom is -0.460 e. The first-order valence-corrected chi connectivity index (χ1v) is 5.78. The highest BCUT2D eigenvalue weighted by molar-refractivity contribution is 5.73. The fraction of sp³-hybridized carbons (Fsp3) is 0.917. The SMILES string of the molecule is C[C@@H]1CC[C@H](C(=O)OC(C)(C)C)[C@@H](C)N1. The summed E-state index contributed by atoms with van der Waals surface area (Å²) in [5.74, 6) is -0.0465. The Morgan fingerprint density at radius 2 is 1.87 bits per heavy atom. The minimum absolute atomic E-state index is 0.0143. The molecule has 0 aromatic carbocycles. The first-order valence-electron chi connectivity index (χ1n) is 5.78. The van der Waals surface area contributed by atoms with Crippen molar-refractivity contribution in [3.63, 3.8) is 0 Å². The summed E-state index contributed by atoms with van der Waals surface area (Å²) >= 11 is 0. The van der Waals surface area contributed by atoms with Gasteiger partial charge in [-0.2, -0.15) is 0 Å². The fourth-order valence-electron chi connectivity index (χ4n) is 2.03. The Kier molecular flexibility index (Phi) is 3.77. The van der Waals surface area contributed by atoms with Gasteiger partial charge in [-0.3, -0.25) is 4.79 Å². The number of rotatable bonds is 1. The Balaban J connectivity index is 2.53. The second-order valence-corrected chi connectivity index (χ2v) is 5.57. The largest absolute Gasteiger partial charge is 0.460 e. The average Bonchev–Trinajstić information content (AvgIpc) is 1.99. The number of ether oxygens (including phenoxy) is 1. The maximum Gasteiger partial charge on any atom is 0.311 e. The van der Waals surface area contributed by atoms with Crippen molar-refractivity contribution in [2.24, 2.45) is 5.92 Å². The van der Waals surface area contributed by atoms with Gasteiger partial charge in [-0.15, -0.1) is 0 Å². The summed E-state index contributed by atoms with van der Waals surface area (Å²) in [7, 11) is 0. The van der Waals surface area contributed by atoms with Crippen LogP contribution in [-0.4, -0.2) is 23.7 Å². The molecule has 3 heteroatoms. The Labute approximate surface area is 92.6 Å². The molecule has 1 heterocycles. The number of hydrogen-bond acceptors (Lipinski definition) is 3. The second kappa shape index (κ2) is 4.52. The fourth-order valence-corrected chi connectivity index (χ4v) is 2.03. The first-order chi connectivity index (χ1) is 6.79. The van der Waals surface area contributed by atoms with E-state index in [4.69, 9.17) is 4.74 Å². The molecule has 3 nitrogen and oxygen atoms in total. The Morgan fingerprint density at radius 1 is 1.27 bits per heavy atom. The lowest BCUT2D eigenvalue weighted by Crippen LogP contribution is -2.48. The molecule has 1 N–H and O–H groups in total. The van der Waals surface area contributed by atoms with Crippen molar-refractivity contribution in [3.05, 3.63) is 0 Å². The van der Waals surface area contributed by atoms with E-state index in [1.165, 1.54) is 0 Å². The molecular weight excluding hydrogens is 190 g/mol. The van der Waals surface area contributed by atoms with E-state index in [0.717, 1.165) is 12.8 Å². The Hall–Kier alpha value is -0.570. The van der Waals surface area contributed by atoms with Gasteiger partial charge in [0.1, 0.15) is 5.60 Å². The van der Waals surface area contributed by atoms with Crippen molar-refractivity contribution in [2.75, 3.05) is 0 Å². The van der Waals surface area contributed by atoms with Gasteiger partial charge in [-0.05, 0) is 47.5 Å². The quantitative estimate of drug-likeness (QED) is 0.678. The monoisotopic (exact) mass is 213 g/mol. The molecule has 0 bridgehead atoms. The van der Waals surface area contributed by atoms with Gasteiger partial charge in [0, 0.05) is 12.1 Å². The highest BCUT2D eigenvalue weighted by atomic mass is 16.6. The van der Waals surface area contributed by atoms with Crippen molar-refractivity contribution in [1.29, 1.82) is 0 Å². The van der Waals surface area contributed by atoms with Crippen LogP contribution < -0.4 is 5.32 Å². The zero-order chi connectivity index (χ0) is 11.6. The molecular formula is C12H23NO2. The number of carbonyl (C=O) groups is 1. The predicted octanol–water partition coefficient (Wildman–Crippen LogP) is 2.10. The number of piperidine rings is 1. The lowest BCUT2D eigenvalue weighted by atomic mass is 9.89. The van der Waals surface area contributed by atoms with Crippen LogP contribution in [0.25, 0.3) is 0 Å². The van der Waals surface area contributed by atoms with Gasteiger partial charge < -0.3 is 10.1 Å². The molecule has 0 aromatic heterocycles. The smallest absolute Gasteiger partial charge is 0.311 e. The third kappa shape index (κ3) is 3.82. The van der Waals surface area contributed by atoms with Crippen LogP contribution >= 0.6 is 0 Å². The molecule has 1 rings (SSSR count). The average molecular weight is 213 g/mol. The molecule has 3 atom stereocenters. The molecule has 0 aliphatic carbocycles. The molecule has 0 aromatic rings. The van der Waals surface area contributed by atoms with Gasteiger partial charge in [0.25, 0.3) is 0 Å². The molecule has 88 valence electrons. The molecule has 1 saturated heterocycles. The van der Waals surface area contributed by atoms with E-state index in [1.54, 1.807) is 0 Å². The van der Waals surface area contributed by atoms with Crippen molar-refractivity contribution in [3.8, 4) is 0 Å². The molecule has 0 unspecified atom stereocenters. The summed E-state index contributed by atoms with van der Waals surface area (Å²) in [5, 5.41) is 3.40. The molecule has 0 amide bonds. The summed E-state index contributed by atoms with van der Waals surface area (Å²) in [5.41, 5.74) is -0.375. The number of nitrogens with one attached hydrogen (secondary N) is 1. The van der Waals surface area contributed by atoms with Crippen molar-refractivity contribution >= 4 is 5.97 Å². The normalized spacial score (nSPS) is 32.5. The van der Waals surface area contributed by atoms with Crippen LogP contribution in [0.5, 0.6) is 0 Å². The van der Waals surface area contributed by atoms with E-state index in [2.05, 4.69) is 19.2 Å². The zero-order valence-corrected chi connectivity index (χ0v) is 10.5. The van der Waals surface area contributed by atoms with Crippen LogP contribution in [0, 0.1) is 5.92 Å². The summed E-state index contributed by atoms with van der Waals surface area (Å²) in [6.07, 6.45) is 1.98. The Bertz CT molecular complexity index is 232. The van der Waals surface area contributed by atoms with Gasteiger partial charge in [0.2, 0.25) is 0 Å². The molecule has 0 saturated carbocycles. The molecule has 0 radical (unpaired) electrons. The highest BCUT2D eigenvalue weighted by Gasteiger charge is 2.33. The van der Waals surface area contributed by atoms with Crippen LogP contribution in [0.15, 0.2) is 0 Å². The van der Waals surface area contributed by atoms with Gasteiger partial charge in [0.05, 0.1) is 5.92 Å². The molecule has 1 aliphatic heterocycles. The van der Waals surface area contributed by atoms with Crippen molar-refractivity contribution < 1.29 is 9.53 Å². The van der Waals surface area contributed by atoms with Gasteiger partial charge in [-0.1, -0.05) is 0 Å². The van der Waals surface area contributed by atoms with Crippen LogP contribution in [0.2, 0.25) is 0 Å². The lowest BCUT2D eigenvalue weighted by Gasteiger charge is -2.34. The molecule has 1 fully saturated rings. The van der Waals surface area contributed by atoms with Gasteiger partial charge in [-0.25, -0.2) is 0 Å². The third-order valence-corrected chi connectivity index (χ3v) is 2.77. The lowest BCUT2D eigenvalue weighted by molar-refractivity contribution is -0.162. The molecule has 1 aliphatic rings. The number of hydrogen-bond donors (Lipinski definition) is 1. The van der Waals surface area contributed by atoms with E-state index in [-0.39, 0.29) is 23.5 Å². The topological polar surface area (TPSA) is 38.3 Å². The molecule has 15 heavy (non-hydrogen) atoms. The molecule has 0 spiro atoms. The van der Waals surface area contributed by atoms with E-state index in [1.807, 2.05) is 20.8 Å². The summed E-state index contributed by atoms with van der Waals surface area (Å²) in [6.45, 7) is 9.95. The van der Waals surface area contributed by atoms with Crippen LogP contribution in [0.3, 0.4) is 0 Å². The standard InChI is InChI=1S/C12H23NO2/c1-8-6-7-10(9(2)13-8)11(14)15-12(3,4)5/h8-10,13H,6-7H2,1-5H3/t8-,9-,10+/m1/s1. The van der Waals surface area contributed by atoms with Crippen LogP contribution in [0.4, 0.5) is 0 Å². The van der Waals surface area contributed by atoms with E-state index >= 15 is 0 Å². The minimum atomic E-state index is -0.375. The number of carbonyl (C=O) groups excluding carboxylic acids is 1. The summed E-state index contributed by atoms with van der Waals surface area (Å²) in [4.78, 5) is 11.9. The van der Waals surface area contributed by atoms with Crippen molar-refractivity contribution in [1.82, 2.24) is 5.32 Å². The van der Waals surface area contributed by atoms with Crippen LogP contribution in [0.1, 0.15) is 47.5 Å². The maximum atomic E-state index is 11.9. The summed E-state index contributed by atoms with van der Waals surface area (Å²) in [6, 6.07) is 0.738. The van der Waals surface area contributed by atoms with E-state index in [9.17, 15) is 4.79 Å². The van der Waals surface area contributed by atoms with Gasteiger partial charge in [0.15, 0.2) is 0 Å². The maximum absolute atomic E-state index is 11.9. The predicted molar refractivity (Wildman–Crippen MR) is 60.6 cm³/mol. The van der Waals surface area contributed by atoms with Crippen molar-refractivity contribution in [2.45, 2.75) is 65.1 Å². The number of esters is 1. The van der Waals surface area contributed by atoms with Crippen LogP contribution in [-0.2, 0) is 9.53 Å². The second-order valence-electron chi connectivity index (χ2n) is 5.57. The third-order valence-electron chi connectivity index (χ3n) is 2.77. The zero-order valence-electron chi connectivity index (χ0n) is 10.5. The first kappa shape index (κ1) is 12.5. The van der Waals surface area contributed by atoms with E-state index < -0.39 is 0 Å². The van der Waals surface area contributed by atoms with Gasteiger partial charge >= 0.3 is 5.97 Å². The summed E-state index contributed by atoms with van der Waals surface area (Å²) < 4.78 is 5.40.